The van der Waals surface area contributed by atoms with Gasteiger partial charge in [0, 0.05) is 45.3 Å². The lowest BCUT2D eigenvalue weighted by Gasteiger charge is -2.35. The molecule has 2 atom stereocenters. The van der Waals surface area contributed by atoms with Gasteiger partial charge in [-0.25, -0.2) is 0 Å². The minimum atomic E-state index is -4.13. The maximum atomic E-state index is 12.5. The lowest BCUT2D eigenvalue weighted by atomic mass is 9.97. The molecule has 2 aliphatic heterocycles. The third-order valence-electron chi connectivity index (χ3n) is 5.08. The van der Waals surface area contributed by atoms with Gasteiger partial charge in [-0.15, -0.1) is 0 Å². The van der Waals surface area contributed by atoms with Crippen LogP contribution in [0.1, 0.15) is 33.1 Å². The first-order valence-corrected chi connectivity index (χ1v) is 9.27. The van der Waals surface area contributed by atoms with Crippen LogP contribution < -0.4 is 10.6 Å². The van der Waals surface area contributed by atoms with E-state index in [1.54, 1.807) is 7.05 Å². The highest BCUT2D eigenvalue weighted by molar-refractivity contribution is 5.80. The predicted octanol–water partition coefficient (Wildman–Crippen LogP) is 1.91. The number of hydrogen-bond acceptors (Lipinski definition) is 3. The molecule has 25 heavy (non-hydrogen) atoms. The van der Waals surface area contributed by atoms with Gasteiger partial charge in [0.2, 0.25) is 0 Å². The SMILES string of the molecule is CN=C(NCC1CCCN(C(C)C)C1)NC1CCN(CC(F)(F)F)C1. The standard InChI is InChI=1S/C17H32F3N5/c1-13(2)25-7-4-5-14(10-25)9-22-16(21-3)23-15-6-8-24(11-15)12-17(18,19)20/h13-15H,4-12H2,1-3H3,(H2,21,22,23). The van der Waals surface area contributed by atoms with Crippen molar-refractivity contribution in [2.24, 2.45) is 10.9 Å². The molecular weight excluding hydrogens is 331 g/mol. The summed E-state index contributed by atoms with van der Waals surface area (Å²) >= 11 is 0. The zero-order chi connectivity index (χ0) is 18.4. The predicted molar refractivity (Wildman–Crippen MR) is 94.8 cm³/mol. The van der Waals surface area contributed by atoms with E-state index in [-0.39, 0.29) is 6.04 Å². The van der Waals surface area contributed by atoms with Gasteiger partial charge < -0.3 is 15.5 Å². The fourth-order valence-electron chi connectivity index (χ4n) is 3.71. The summed E-state index contributed by atoms with van der Waals surface area (Å²) in [5, 5.41) is 6.63. The van der Waals surface area contributed by atoms with Crippen LogP contribution in [0.4, 0.5) is 13.2 Å². The number of likely N-dealkylation sites (tertiary alicyclic amines) is 2. The van der Waals surface area contributed by atoms with Crippen molar-refractivity contribution in [3.63, 3.8) is 0 Å². The van der Waals surface area contributed by atoms with Crippen LogP contribution in [0.5, 0.6) is 0 Å². The quantitative estimate of drug-likeness (QED) is 0.578. The van der Waals surface area contributed by atoms with E-state index in [2.05, 4.69) is 34.4 Å². The second kappa shape index (κ2) is 9.07. The minimum absolute atomic E-state index is 0.0204. The monoisotopic (exact) mass is 363 g/mol. The molecule has 0 saturated carbocycles. The summed E-state index contributed by atoms with van der Waals surface area (Å²) < 4.78 is 37.4. The highest BCUT2D eigenvalue weighted by Crippen LogP contribution is 2.20. The Kier molecular flexibility index (Phi) is 7.37. The molecule has 5 nitrogen and oxygen atoms in total. The molecule has 146 valence electrons. The molecule has 2 aliphatic rings. The number of piperidine rings is 1. The van der Waals surface area contributed by atoms with Crippen molar-refractivity contribution < 1.29 is 13.2 Å². The van der Waals surface area contributed by atoms with Crippen molar-refractivity contribution in [3.05, 3.63) is 0 Å². The number of guanidine groups is 1. The number of hydrogen-bond donors (Lipinski definition) is 2. The van der Waals surface area contributed by atoms with Gasteiger partial charge in [0.25, 0.3) is 0 Å². The van der Waals surface area contributed by atoms with Crippen LogP contribution in [0.25, 0.3) is 0 Å². The van der Waals surface area contributed by atoms with Crippen LogP contribution in [0.3, 0.4) is 0 Å². The Morgan fingerprint density at radius 1 is 1.20 bits per heavy atom. The normalized spacial score (nSPS) is 27.1. The van der Waals surface area contributed by atoms with Crippen LogP contribution in [-0.4, -0.2) is 80.3 Å². The highest BCUT2D eigenvalue weighted by Gasteiger charge is 2.34. The molecule has 0 amide bonds. The van der Waals surface area contributed by atoms with Gasteiger partial charge in [0.1, 0.15) is 0 Å². The summed E-state index contributed by atoms with van der Waals surface area (Å²) in [7, 11) is 1.71. The molecule has 2 unspecified atom stereocenters. The Morgan fingerprint density at radius 2 is 1.96 bits per heavy atom. The molecule has 2 fully saturated rings. The second-order valence-corrected chi connectivity index (χ2v) is 7.53. The van der Waals surface area contributed by atoms with E-state index in [0.29, 0.717) is 37.4 Å². The number of rotatable bonds is 5. The van der Waals surface area contributed by atoms with E-state index in [0.717, 1.165) is 19.6 Å². The van der Waals surface area contributed by atoms with Crippen LogP contribution in [0.15, 0.2) is 4.99 Å². The molecule has 0 aromatic heterocycles. The zero-order valence-corrected chi connectivity index (χ0v) is 15.6. The van der Waals surface area contributed by atoms with Gasteiger partial charge in [-0.1, -0.05) is 0 Å². The lowest BCUT2D eigenvalue weighted by Crippen LogP contribution is -2.48. The van der Waals surface area contributed by atoms with E-state index in [1.165, 1.54) is 17.7 Å². The average Bonchev–Trinajstić information content (AvgIpc) is 2.96. The van der Waals surface area contributed by atoms with Crippen molar-refractivity contribution in [1.82, 2.24) is 20.4 Å². The summed E-state index contributed by atoms with van der Waals surface area (Å²) in [5.74, 6) is 1.28. The molecule has 2 N–H and O–H groups in total. The first-order chi connectivity index (χ1) is 11.8. The second-order valence-electron chi connectivity index (χ2n) is 7.53. The molecule has 0 aliphatic carbocycles. The first kappa shape index (κ1) is 20.3. The number of alkyl halides is 3. The zero-order valence-electron chi connectivity index (χ0n) is 15.6. The fraction of sp³-hybridized carbons (Fsp3) is 0.941. The highest BCUT2D eigenvalue weighted by atomic mass is 19.4. The van der Waals surface area contributed by atoms with E-state index in [4.69, 9.17) is 0 Å². The summed E-state index contributed by atoms with van der Waals surface area (Å²) in [5.41, 5.74) is 0. The molecule has 8 heteroatoms. The van der Waals surface area contributed by atoms with E-state index in [9.17, 15) is 13.2 Å². The molecule has 0 bridgehead atoms. The third-order valence-corrected chi connectivity index (χ3v) is 5.08. The first-order valence-electron chi connectivity index (χ1n) is 9.27. The Hall–Kier alpha value is -1.02. The smallest absolute Gasteiger partial charge is 0.356 e. The summed E-state index contributed by atoms with van der Waals surface area (Å²) in [4.78, 5) is 8.18. The van der Waals surface area contributed by atoms with Gasteiger partial charge in [-0.3, -0.25) is 9.89 Å². The Labute approximate surface area is 149 Å². The number of nitrogens with one attached hydrogen (secondary N) is 2. The molecule has 0 aromatic carbocycles. The largest absolute Gasteiger partial charge is 0.401 e. The van der Waals surface area contributed by atoms with Crippen molar-refractivity contribution in [3.8, 4) is 0 Å². The minimum Gasteiger partial charge on any atom is -0.356 e. The van der Waals surface area contributed by atoms with Crippen LogP contribution in [-0.2, 0) is 0 Å². The lowest BCUT2D eigenvalue weighted by molar-refractivity contribution is -0.143. The summed E-state index contributed by atoms with van der Waals surface area (Å²) in [6, 6.07) is 0.588. The van der Waals surface area contributed by atoms with Crippen molar-refractivity contribution in [1.29, 1.82) is 0 Å². The number of aliphatic imine (C=N–C) groups is 1. The van der Waals surface area contributed by atoms with Crippen LogP contribution >= 0.6 is 0 Å². The Bertz CT molecular complexity index is 438. The third kappa shape index (κ3) is 7.01. The Balaban J connectivity index is 1.72. The summed E-state index contributed by atoms with van der Waals surface area (Å²) in [6.07, 6.45) is -0.999. The molecule has 0 aromatic rings. The van der Waals surface area contributed by atoms with Crippen LogP contribution in [0, 0.1) is 5.92 Å². The van der Waals surface area contributed by atoms with Crippen molar-refractivity contribution in [2.45, 2.75) is 51.4 Å². The Morgan fingerprint density at radius 3 is 2.60 bits per heavy atom. The van der Waals surface area contributed by atoms with Crippen LogP contribution in [0.2, 0.25) is 0 Å². The van der Waals surface area contributed by atoms with E-state index < -0.39 is 12.7 Å². The topological polar surface area (TPSA) is 42.9 Å². The van der Waals surface area contributed by atoms with Gasteiger partial charge in [-0.05, 0) is 45.6 Å². The fourth-order valence-corrected chi connectivity index (χ4v) is 3.71. The maximum Gasteiger partial charge on any atom is 0.401 e. The van der Waals surface area contributed by atoms with Gasteiger partial charge in [0.05, 0.1) is 6.54 Å². The number of nitrogens with zero attached hydrogens (tertiary/aromatic N) is 3. The van der Waals surface area contributed by atoms with E-state index in [1.807, 2.05) is 0 Å². The van der Waals surface area contributed by atoms with Gasteiger partial charge in [-0.2, -0.15) is 13.2 Å². The number of halogens is 3. The molecule has 2 saturated heterocycles. The summed E-state index contributed by atoms with van der Waals surface area (Å²) in [6.45, 7) is 7.60. The molecule has 0 radical (unpaired) electrons. The average molecular weight is 363 g/mol. The molecule has 2 rings (SSSR count). The molecule has 2 heterocycles. The van der Waals surface area contributed by atoms with Crippen molar-refractivity contribution >= 4 is 5.96 Å². The van der Waals surface area contributed by atoms with Crippen molar-refractivity contribution in [2.75, 3.05) is 46.3 Å². The molecule has 0 spiro atoms. The van der Waals surface area contributed by atoms with E-state index >= 15 is 0 Å². The van der Waals surface area contributed by atoms with Gasteiger partial charge >= 0.3 is 6.18 Å². The van der Waals surface area contributed by atoms with Gasteiger partial charge in [0.15, 0.2) is 5.96 Å². The molecular formula is C17H32F3N5. The maximum absolute atomic E-state index is 12.5.